The lowest BCUT2D eigenvalue weighted by Gasteiger charge is -2.30. The lowest BCUT2D eigenvalue weighted by atomic mass is 10.1. The second kappa shape index (κ2) is 5.16. The first-order valence-corrected chi connectivity index (χ1v) is 6.61. The van der Waals surface area contributed by atoms with Crippen LogP contribution in [0.25, 0.3) is 0 Å². The number of ether oxygens (including phenoxy) is 2. The molecule has 2 heterocycles. The molecule has 1 fully saturated rings. The Labute approximate surface area is 107 Å². The number of aliphatic hydroxyl groups excluding tert-OH is 1. The number of rotatable bonds is 2. The van der Waals surface area contributed by atoms with Crippen LogP contribution >= 0.6 is 0 Å². The standard InChI is InChI=1S/C14H19NO3/c16-12-4-6-15(7-5-12)10-11-2-1-3-13-14(11)18-9-8-17-13/h1-3,12,16H,4-10H2. The van der Waals surface area contributed by atoms with Crippen LogP contribution in [0.2, 0.25) is 0 Å². The molecule has 0 saturated carbocycles. The molecule has 98 valence electrons. The van der Waals surface area contributed by atoms with Crippen LogP contribution < -0.4 is 9.47 Å². The molecular formula is C14H19NO3. The third-order valence-electron chi connectivity index (χ3n) is 3.60. The molecule has 1 saturated heterocycles. The van der Waals surface area contributed by atoms with E-state index in [1.165, 1.54) is 5.56 Å². The molecule has 0 radical (unpaired) electrons. The van der Waals surface area contributed by atoms with E-state index in [4.69, 9.17) is 9.47 Å². The second-order valence-electron chi connectivity index (χ2n) is 4.95. The molecule has 0 bridgehead atoms. The van der Waals surface area contributed by atoms with Gasteiger partial charge < -0.3 is 14.6 Å². The second-order valence-corrected chi connectivity index (χ2v) is 4.95. The van der Waals surface area contributed by atoms with E-state index in [0.717, 1.165) is 44.0 Å². The van der Waals surface area contributed by atoms with E-state index in [1.807, 2.05) is 12.1 Å². The minimum atomic E-state index is -0.120. The molecule has 0 atom stereocenters. The Bertz CT molecular complexity index is 414. The molecule has 4 heteroatoms. The molecular weight excluding hydrogens is 230 g/mol. The van der Waals surface area contributed by atoms with Crippen molar-refractivity contribution in [2.24, 2.45) is 0 Å². The highest BCUT2D eigenvalue weighted by atomic mass is 16.6. The largest absolute Gasteiger partial charge is 0.486 e. The summed E-state index contributed by atoms with van der Waals surface area (Å²) < 4.78 is 11.3. The van der Waals surface area contributed by atoms with E-state index in [1.54, 1.807) is 0 Å². The summed E-state index contributed by atoms with van der Waals surface area (Å²) >= 11 is 0. The fourth-order valence-corrected chi connectivity index (χ4v) is 2.58. The van der Waals surface area contributed by atoms with Gasteiger partial charge in [0, 0.05) is 25.2 Å². The summed E-state index contributed by atoms with van der Waals surface area (Å²) in [4.78, 5) is 2.36. The minimum Gasteiger partial charge on any atom is -0.486 e. The molecule has 1 aromatic carbocycles. The van der Waals surface area contributed by atoms with Crippen LogP contribution in [-0.2, 0) is 6.54 Å². The lowest BCUT2D eigenvalue weighted by molar-refractivity contribution is 0.0781. The number of para-hydroxylation sites is 1. The molecule has 4 nitrogen and oxygen atoms in total. The van der Waals surface area contributed by atoms with Crippen molar-refractivity contribution >= 4 is 0 Å². The molecule has 0 unspecified atom stereocenters. The zero-order valence-corrected chi connectivity index (χ0v) is 10.5. The summed E-state index contributed by atoms with van der Waals surface area (Å²) in [5.74, 6) is 1.76. The van der Waals surface area contributed by atoms with E-state index < -0.39 is 0 Å². The van der Waals surface area contributed by atoms with Crippen molar-refractivity contribution in [1.82, 2.24) is 4.90 Å². The first-order chi connectivity index (χ1) is 8.83. The van der Waals surface area contributed by atoms with Crippen LogP contribution in [0.3, 0.4) is 0 Å². The molecule has 18 heavy (non-hydrogen) atoms. The Morgan fingerprint density at radius 3 is 2.78 bits per heavy atom. The summed E-state index contributed by atoms with van der Waals surface area (Å²) in [6.07, 6.45) is 1.61. The Morgan fingerprint density at radius 2 is 1.94 bits per heavy atom. The number of piperidine rings is 1. The highest BCUT2D eigenvalue weighted by Gasteiger charge is 2.20. The fraction of sp³-hybridized carbons (Fsp3) is 0.571. The number of likely N-dealkylation sites (tertiary alicyclic amines) is 1. The van der Waals surface area contributed by atoms with Gasteiger partial charge in [-0.2, -0.15) is 0 Å². The number of nitrogens with zero attached hydrogens (tertiary/aromatic N) is 1. The van der Waals surface area contributed by atoms with Crippen molar-refractivity contribution in [2.45, 2.75) is 25.5 Å². The first-order valence-electron chi connectivity index (χ1n) is 6.61. The van der Waals surface area contributed by atoms with Gasteiger partial charge in [-0.3, -0.25) is 4.90 Å². The first kappa shape index (κ1) is 11.8. The predicted octanol–water partition coefficient (Wildman–Crippen LogP) is 1.41. The lowest BCUT2D eigenvalue weighted by Crippen LogP contribution is -2.35. The maximum Gasteiger partial charge on any atom is 0.165 e. The van der Waals surface area contributed by atoms with E-state index in [2.05, 4.69) is 11.0 Å². The van der Waals surface area contributed by atoms with Crippen molar-refractivity contribution in [3.63, 3.8) is 0 Å². The average molecular weight is 249 g/mol. The van der Waals surface area contributed by atoms with Crippen LogP contribution in [0.1, 0.15) is 18.4 Å². The topological polar surface area (TPSA) is 41.9 Å². The van der Waals surface area contributed by atoms with Gasteiger partial charge in [0.15, 0.2) is 11.5 Å². The quantitative estimate of drug-likeness (QED) is 0.860. The molecule has 0 spiro atoms. The zero-order chi connectivity index (χ0) is 12.4. The predicted molar refractivity (Wildman–Crippen MR) is 67.9 cm³/mol. The van der Waals surface area contributed by atoms with E-state index >= 15 is 0 Å². The van der Waals surface area contributed by atoms with Gasteiger partial charge in [0.05, 0.1) is 6.10 Å². The van der Waals surface area contributed by atoms with Crippen LogP contribution in [0, 0.1) is 0 Å². The third kappa shape index (κ3) is 2.44. The number of hydrogen-bond donors (Lipinski definition) is 1. The summed E-state index contributed by atoms with van der Waals surface area (Å²) in [7, 11) is 0. The summed E-state index contributed by atoms with van der Waals surface area (Å²) in [6, 6.07) is 6.07. The highest BCUT2D eigenvalue weighted by Crippen LogP contribution is 2.34. The molecule has 0 aromatic heterocycles. The van der Waals surface area contributed by atoms with Gasteiger partial charge in [0.25, 0.3) is 0 Å². The molecule has 0 aliphatic carbocycles. The third-order valence-corrected chi connectivity index (χ3v) is 3.60. The van der Waals surface area contributed by atoms with Gasteiger partial charge in [0.2, 0.25) is 0 Å². The summed E-state index contributed by atoms with van der Waals surface area (Å²) in [5.41, 5.74) is 1.18. The van der Waals surface area contributed by atoms with Crippen LogP contribution in [0.4, 0.5) is 0 Å². The van der Waals surface area contributed by atoms with Crippen molar-refractivity contribution in [3.8, 4) is 11.5 Å². The fourth-order valence-electron chi connectivity index (χ4n) is 2.58. The molecule has 1 aromatic rings. The van der Waals surface area contributed by atoms with Gasteiger partial charge in [-0.1, -0.05) is 12.1 Å². The number of benzene rings is 1. The van der Waals surface area contributed by atoms with Crippen molar-refractivity contribution in [1.29, 1.82) is 0 Å². The molecule has 2 aliphatic heterocycles. The molecule has 2 aliphatic rings. The van der Waals surface area contributed by atoms with E-state index in [-0.39, 0.29) is 6.10 Å². The van der Waals surface area contributed by atoms with E-state index in [0.29, 0.717) is 13.2 Å². The van der Waals surface area contributed by atoms with Gasteiger partial charge in [-0.15, -0.1) is 0 Å². The Hall–Kier alpha value is -1.26. The van der Waals surface area contributed by atoms with Crippen molar-refractivity contribution in [2.75, 3.05) is 26.3 Å². The van der Waals surface area contributed by atoms with Crippen LogP contribution in [-0.4, -0.2) is 42.4 Å². The Balaban J connectivity index is 1.72. The average Bonchev–Trinajstić information content (AvgIpc) is 2.42. The molecule has 3 rings (SSSR count). The SMILES string of the molecule is OC1CCN(Cc2cccc3c2OCCO3)CC1. The van der Waals surface area contributed by atoms with Gasteiger partial charge >= 0.3 is 0 Å². The monoisotopic (exact) mass is 249 g/mol. The summed E-state index contributed by atoms with van der Waals surface area (Å²) in [6.45, 7) is 4.03. The number of hydrogen-bond acceptors (Lipinski definition) is 4. The Kier molecular flexibility index (Phi) is 3.39. The highest BCUT2D eigenvalue weighted by molar-refractivity contribution is 5.47. The maximum absolute atomic E-state index is 9.51. The Morgan fingerprint density at radius 1 is 1.17 bits per heavy atom. The van der Waals surface area contributed by atoms with E-state index in [9.17, 15) is 5.11 Å². The van der Waals surface area contributed by atoms with Crippen molar-refractivity contribution < 1.29 is 14.6 Å². The van der Waals surface area contributed by atoms with Gasteiger partial charge in [-0.25, -0.2) is 0 Å². The minimum absolute atomic E-state index is 0.120. The molecule has 1 N–H and O–H groups in total. The molecule has 0 amide bonds. The zero-order valence-electron chi connectivity index (χ0n) is 10.5. The van der Waals surface area contributed by atoms with Gasteiger partial charge in [-0.05, 0) is 18.9 Å². The normalized spacial score (nSPS) is 20.9. The van der Waals surface area contributed by atoms with Crippen LogP contribution in [0.15, 0.2) is 18.2 Å². The van der Waals surface area contributed by atoms with Crippen molar-refractivity contribution in [3.05, 3.63) is 23.8 Å². The smallest absolute Gasteiger partial charge is 0.165 e. The van der Waals surface area contributed by atoms with Crippen LogP contribution in [0.5, 0.6) is 11.5 Å². The number of aliphatic hydroxyl groups is 1. The number of fused-ring (bicyclic) bond motifs is 1. The van der Waals surface area contributed by atoms with Gasteiger partial charge in [0.1, 0.15) is 13.2 Å². The maximum atomic E-state index is 9.51. The summed E-state index contributed by atoms with van der Waals surface area (Å²) in [5, 5.41) is 9.51.